The summed E-state index contributed by atoms with van der Waals surface area (Å²) in [6, 6.07) is 5.16. The molecule has 3 aromatic heterocycles. The quantitative estimate of drug-likeness (QED) is 0.513. The summed E-state index contributed by atoms with van der Waals surface area (Å²) in [4.78, 5) is 16.7. The van der Waals surface area contributed by atoms with Gasteiger partial charge in [-0.15, -0.1) is 0 Å². The molecule has 2 unspecified atom stereocenters. The third-order valence-corrected chi connectivity index (χ3v) is 5.72. The number of aliphatic hydroxyl groups is 1. The summed E-state index contributed by atoms with van der Waals surface area (Å²) in [5.74, 6) is -1.74. The number of H-pyrrole nitrogens is 1. The van der Waals surface area contributed by atoms with Crippen LogP contribution in [0.1, 0.15) is 25.0 Å². The first-order chi connectivity index (χ1) is 15.3. The lowest BCUT2D eigenvalue weighted by Crippen LogP contribution is -2.38. The summed E-state index contributed by atoms with van der Waals surface area (Å²) in [5, 5.41) is 16.1. The molecule has 0 saturated heterocycles. The number of hydrogen-bond acceptors (Lipinski definition) is 5. The predicted molar refractivity (Wildman–Crippen MR) is 118 cm³/mol. The molecule has 4 heterocycles. The molecule has 0 saturated carbocycles. The van der Waals surface area contributed by atoms with Crippen LogP contribution >= 0.6 is 0 Å². The summed E-state index contributed by atoms with van der Waals surface area (Å²) < 4.78 is 29.9. The number of nitrogens with one attached hydrogen (secondary N) is 1. The number of aryl methyl sites for hydroxylation is 1. The van der Waals surface area contributed by atoms with Crippen molar-refractivity contribution >= 4 is 22.6 Å². The molecule has 32 heavy (non-hydrogen) atoms. The number of aliphatic imine (C=N–C) groups is 2. The minimum Gasteiger partial charge on any atom is -0.379 e. The van der Waals surface area contributed by atoms with Crippen molar-refractivity contribution in [1.29, 1.82) is 0 Å². The Labute approximate surface area is 182 Å². The Balaban J connectivity index is 1.57. The minimum absolute atomic E-state index is 0.181. The number of benzene rings is 1. The van der Waals surface area contributed by atoms with Crippen molar-refractivity contribution < 1.29 is 13.9 Å². The molecule has 1 aromatic carbocycles. The van der Waals surface area contributed by atoms with E-state index in [4.69, 9.17) is 0 Å². The summed E-state index contributed by atoms with van der Waals surface area (Å²) in [6.07, 6.45) is 7.15. The third-order valence-electron chi connectivity index (χ3n) is 5.72. The van der Waals surface area contributed by atoms with Crippen LogP contribution in [0.25, 0.3) is 22.2 Å². The molecule has 0 amide bonds. The van der Waals surface area contributed by atoms with Crippen LogP contribution in [-0.2, 0) is 12.6 Å². The second kappa shape index (κ2) is 7.16. The summed E-state index contributed by atoms with van der Waals surface area (Å²) >= 11 is 0. The first-order valence-corrected chi connectivity index (χ1v) is 10.1. The van der Waals surface area contributed by atoms with Gasteiger partial charge >= 0.3 is 0 Å². The molecule has 9 heteroatoms. The number of nitrogens with zero attached hydrogens (tertiary/aromatic N) is 5. The molecule has 0 radical (unpaired) electrons. The number of amidine groups is 1. The van der Waals surface area contributed by atoms with Gasteiger partial charge < -0.3 is 10.1 Å². The maximum Gasteiger partial charge on any atom is 0.165 e. The number of aromatic nitrogens is 4. The number of fused-ring (bicyclic) bond motifs is 1. The Bertz CT molecular complexity index is 1420. The van der Waals surface area contributed by atoms with E-state index >= 15 is 0 Å². The fourth-order valence-corrected chi connectivity index (χ4v) is 4.06. The van der Waals surface area contributed by atoms with Crippen LogP contribution in [0.2, 0.25) is 0 Å². The van der Waals surface area contributed by atoms with E-state index in [0.29, 0.717) is 17.0 Å². The highest BCUT2D eigenvalue weighted by Gasteiger charge is 2.39. The largest absolute Gasteiger partial charge is 0.379 e. The molecule has 2 N–H and O–H groups in total. The van der Waals surface area contributed by atoms with Gasteiger partial charge in [-0.25, -0.2) is 18.8 Å². The SMILES string of the molecule is CC1N=C(c2c[nH]c3ncc(-c4cnn(C)c4)cc23)N=C1C(C)(O)c1cccc(F)c1F. The van der Waals surface area contributed by atoms with Crippen LogP contribution in [0.3, 0.4) is 0 Å². The van der Waals surface area contributed by atoms with Crippen LogP contribution in [0, 0.1) is 11.6 Å². The zero-order chi connectivity index (χ0) is 22.6. The van der Waals surface area contributed by atoms with Crippen LogP contribution in [0.15, 0.2) is 59.0 Å². The Morgan fingerprint density at radius 3 is 2.75 bits per heavy atom. The summed E-state index contributed by atoms with van der Waals surface area (Å²) in [6.45, 7) is 3.15. The number of hydrogen-bond donors (Lipinski definition) is 2. The van der Waals surface area contributed by atoms with Gasteiger partial charge in [0.05, 0.1) is 18.0 Å². The van der Waals surface area contributed by atoms with Crippen molar-refractivity contribution in [1.82, 2.24) is 19.7 Å². The average Bonchev–Trinajstić information content (AvgIpc) is 3.47. The van der Waals surface area contributed by atoms with E-state index in [9.17, 15) is 13.9 Å². The van der Waals surface area contributed by atoms with Crippen LogP contribution in [0.5, 0.6) is 0 Å². The third kappa shape index (κ3) is 3.13. The smallest absolute Gasteiger partial charge is 0.165 e. The number of pyridine rings is 1. The zero-order valence-electron chi connectivity index (χ0n) is 17.6. The van der Waals surface area contributed by atoms with Crippen LogP contribution in [0.4, 0.5) is 8.78 Å². The lowest BCUT2D eigenvalue weighted by atomic mass is 9.87. The Morgan fingerprint density at radius 2 is 2.00 bits per heavy atom. The van der Waals surface area contributed by atoms with Gasteiger partial charge in [0.1, 0.15) is 11.2 Å². The van der Waals surface area contributed by atoms with Gasteiger partial charge in [-0.2, -0.15) is 5.10 Å². The zero-order valence-corrected chi connectivity index (χ0v) is 17.6. The molecular weight excluding hydrogens is 414 g/mol. The molecule has 0 aliphatic carbocycles. The molecule has 0 fully saturated rings. The Kier molecular flexibility index (Phi) is 4.52. The van der Waals surface area contributed by atoms with Crippen molar-refractivity contribution in [2.75, 3.05) is 0 Å². The van der Waals surface area contributed by atoms with Crippen LogP contribution < -0.4 is 0 Å². The second-order valence-electron chi connectivity index (χ2n) is 8.02. The van der Waals surface area contributed by atoms with Crippen molar-refractivity contribution in [3.8, 4) is 11.1 Å². The number of aromatic amines is 1. The van der Waals surface area contributed by atoms with E-state index in [2.05, 4.69) is 25.1 Å². The Morgan fingerprint density at radius 1 is 1.19 bits per heavy atom. The molecule has 4 aromatic rings. The molecule has 162 valence electrons. The molecule has 5 rings (SSSR count). The topological polar surface area (TPSA) is 91.5 Å². The molecule has 7 nitrogen and oxygen atoms in total. The average molecular weight is 434 g/mol. The van der Waals surface area contributed by atoms with E-state index in [1.165, 1.54) is 19.1 Å². The molecule has 1 aliphatic rings. The number of halogens is 2. The fraction of sp³-hybridized carbons (Fsp3) is 0.217. The maximum atomic E-state index is 14.4. The Hall–Kier alpha value is -3.72. The lowest BCUT2D eigenvalue weighted by Gasteiger charge is -2.26. The van der Waals surface area contributed by atoms with E-state index < -0.39 is 23.3 Å². The minimum atomic E-state index is -1.83. The highest BCUT2D eigenvalue weighted by atomic mass is 19.2. The monoisotopic (exact) mass is 434 g/mol. The summed E-state index contributed by atoms with van der Waals surface area (Å²) in [5.41, 5.74) is 1.40. The predicted octanol–water partition coefficient (Wildman–Crippen LogP) is 3.74. The fourth-order valence-electron chi connectivity index (χ4n) is 4.06. The van der Waals surface area contributed by atoms with Gasteiger partial charge in [-0.1, -0.05) is 12.1 Å². The maximum absolute atomic E-state index is 14.4. The van der Waals surface area contributed by atoms with Gasteiger partial charge in [0.2, 0.25) is 0 Å². The molecule has 2 atom stereocenters. The van der Waals surface area contributed by atoms with Gasteiger partial charge in [0.25, 0.3) is 0 Å². The highest BCUT2D eigenvalue weighted by Crippen LogP contribution is 2.32. The van der Waals surface area contributed by atoms with Crippen LogP contribution in [-0.4, -0.2) is 42.4 Å². The summed E-state index contributed by atoms with van der Waals surface area (Å²) in [7, 11) is 1.84. The molecule has 1 aliphatic heterocycles. The van der Waals surface area contributed by atoms with E-state index in [0.717, 1.165) is 22.6 Å². The van der Waals surface area contributed by atoms with Crippen molar-refractivity contribution in [3.63, 3.8) is 0 Å². The van der Waals surface area contributed by atoms with E-state index in [1.807, 2.05) is 19.3 Å². The lowest BCUT2D eigenvalue weighted by molar-refractivity contribution is 0.125. The van der Waals surface area contributed by atoms with Crippen molar-refractivity contribution in [2.45, 2.75) is 25.5 Å². The first kappa shape index (κ1) is 20.2. The normalized spacial score (nSPS) is 18.0. The van der Waals surface area contributed by atoms with Gasteiger partial charge in [-0.3, -0.25) is 9.67 Å². The van der Waals surface area contributed by atoms with Crippen molar-refractivity contribution in [3.05, 3.63) is 71.8 Å². The van der Waals surface area contributed by atoms with Gasteiger partial charge in [0, 0.05) is 53.3 Å². The van der Waals surface area contributed by atoms with Gasteiger partial charge in [0.15, 0.2) is 17.5 Å². The second-order valence-corrected chi connectivity index (χ2v) is 8.02. The molecule has 0 bridgehead atoms. The van der Waals surface area contributed by atoms with E-state index in [1.54, 1.807) is 30.2 Å². The van der Waals surface area contributed by atoms with Crippen molar-refractivity contribution in [2.24, 2.45) is 17.0 Å². The number of rotatable bonds is 4. The molecule has 0 spiro atoms. The standard InChI is InChI=1S/C23H20F2N6O/c1-12-20(23(2,32)17-5-4-6-18(24)19(17)25)30-22(29-12)16-10-27-21-15(16)7-13(8-26-21)14-9-28-31(3)11-14/h4-12,32H,1-3H3,(H,26,27). The molecular formula is C23H20F2N6O. The first-order valence-electron chi connectivity index (χ1n) is 10.1. The van der Waals surface area contributed by atoms with E-state index in [-0.39, 0.29) is 11.3 Å². The van der Waals surface area contributed by atoms with Gasteiger partial charge in [-0.05, 0) is 26.0 Å². The highest BCUT2D eigenvalue weighted by molar-refractivity contribution is 6.19.